The first kappa shape index (κ1) is 16.8. The molecule has 2 radical (unpaired) electrons. The molecule has 0 aromatic heterocycles. The van der Waals surface area contributed by atoms with E-state index in [1.165, 1.54) is 0 Å². The Hall–Kier alpha value is -0.230. The van der Waals surface area contributed by atoms with Crippen molar-refractivity contribution >= 4 is 9.24 Å². The van der Waals surface area contributed by atoms with Crippen LogP contribution in [0.25, 0.3) is 0 Å². The van der Waals surface area contributed by atoms with E-state index < -0.39 is 0 Å². The SMILES string of the molecule is CC(C)(C)N1[C]N(C(P)(C(C)(C)C)C(C)(C)C)C=C1. The van der Waals surface area contributed by atoms with Crippen molar-refractivity contribution in [3.63, 3.8) is 0 Å². The van der Waals surface area contributed by atoms with Gasteiger partial charge in [-0.25, -0.2) is 0 Å². The van der Waals surface area contributed by atoms with E-state index in [-0.39, 0.29) is 21.6 Å². The monoisotopic (exact) mass is 282 g/mol. The molecule has 1 atom stereocenters. The molecule has 0 saturated carbocycles. The van der Waals surface area contributed by atoms with Crippen molar-refractivity contribution in [1.82, 2.24) is 9.80 Å². The van der Waals surface area contributed by atoms with Crippen LogP contribution in [0.3, 0.4) is 0 Å². The lowest BCUT2D eigenvalue weighted by Gasteiger charge is -2.56. The molecule has 1 rings (SSSR count). The van der Waals surface area contributed by atoms with Gasteiger partial charge in [-0.1, -0.05) is 41.5 Å². The third-order valence-corrected chi connectivity index (χ3v) is 5.98. The molecule has 1 heterocycles. The molecule has 0 aromatic carbocycles. The highest BCUT2D eigenvalue weighted by Crippen LogP contribution is 2.54. The first-order valence-corrected chi connectivity index (χ1v) is 7.61. The molecular weight excluding hydrogens is 251 g/mol. The van der Waals surface area contributed by atoms with E-state index in [0.717, 1.165) is 0 Å². The van der Waals surface area contributed by atoms with Crippen LogP contribution in [-0.2, 0) is 0 Å². The number of rotatable bonds is 1. The molecule has 0 amide bonds. The van der Waals surface area contributed by atoms with Crippen LogP contribution >= 0.6 is 9.24 Å². The third-order valence-electron chi connectivity index (χ3n) is 3.97. The van der Waals surface area contributed by atoms with E-state index >= 15 is 0 Å². The van der Waals surface area contributed by atoms with Crippen molar-refractivity contribution in [2.75, 3.05) is 0 Å². The minimum absolute atomic E-state index is 0.0621. The Morgan fingerprint density at radius 1 is 0.737 bits per heavy atom. The fraction of sp³-hybridized carbons (Fsp3) is 0.812. The van der Waals surface area contributed by atoms with Gasteiger partial charge in [-0.3, -0.25) is 0 Å². The molecule has 0 fully saturated rings. The average Bonchev–Trinajstić information content (AvgIpc) is 2.60. The maximum atomic E-state index is 3.52. The molecule has 110 valence electrons. The molecule has 2 nitrogen and oxygen atoms in total. The smallest absolute Gasteiger partial charge is 0.209 e. The topological polar surface area (TPSA) is 6.48 Å². The zero-order chi connectivity index (χ0) is 15.3. The standard InChI is InChI=1S/C16H31N2P/c1-13(2,3)16(19,14(4,5)6)18-11-10-17(12-18)15(7,8)9/h10-11H,19H2,1-9H3. The van der Waals surface area contributed by atoms with Gasteiger partial charge in [-0.15, -0.1) is 9.24 Å². The molecule has 3 heteroatoms. The number of hydrogen-bond acceptors (Lipinski definition) is 2. The van der Waals surface area contributed by atoms with Crippen LogP contribution < -0.4 is 0 Å². The van der Waals surface area contributed by atoms with Gasteiger partial charge in [0.15, 0.2) is 0 Å². The van der Waals surface area contributed by atoms with E-state index in [2.05, 4.69) is 100 Å². The third kappa shape index (κ3) is 2.94. The van der Waals surface area contributed by atoms with Crippen LogP contribution in [0.5, 0.6) is 0 Å². The summed E-state index contributed by atoms with van der Waals surface area (Å²) in [6.07, 6.45) is 4.27. The highest BCUT2D eigenvalue weighted by atomic mass is 31.0. The Morgan fingerprint density at radius 2 is 1.11 bits per heavy atom. The van der Waals surface area contributed by atoms with E-state index in [1.807, 2.05) is 0 Å². The number of nitrogens with zero attached hydrogens (tertiary/aromatic N) is 2. The molecule has 1 aliphatic heterocycles. The molecule has 1 unspecified atom stereocenters. The van der Waals surface area contributed by atoms with Gasteiger partial charge < -0.3 is 9.80 Å². The molecular formula is C16H31N2P. The Balaban J connectivity index is 3.10. The summed E-state index contributed by atoms with van der Waals surface area (Å²) in [5.74, 6) is 0. The lowest BCUT2D eigenvalue weighted by atomic mass is 9.70. The minimum atomic E-state index is -0.0868. The van der Waals surface area contributed by atoms with Gasteiger partial charge in [0, 0.05) is 17.9 Å². The van der Waals surface area contributed by atoms with Crippen LogP contribution in [0.15, 0.2) is 12.4 Å². The van der Waals surface area contributed by atoms with E-state index in [4.69, 9.17) is 0 Å². The second-order valence-corrected chi connectivity index (χ2v) is 9.41. The van der Waals surface area contributed by atoms with Crippen molar-refractivity contribution < 1.29 is 0 Å². The van der Waals surface area contributed by atoms with Crippen LogP contribution in [0.2, 0.25) is 0 Å². The fourth-order valence-electron chi connectivity index (χ4n) is 2.73. The second-order valence-electron chi connectivity index (χ2n) is 8.58. The lowest BCUT2D eigenvalue weighted by molar-refractivity contribution is 0.0200. The molecule has 0 bridgehead atoms. The summed E-state index contributed by atoms with van der Waals surface area (Å²) in [6, 6.07) is 0. The first-order chi connectivity index (χ1) is 8.21. The van der Waals surface area contributed by atoms with Gasteiger partial charge in [-0.05, 0) is 31.6 Å². The van der Waals surface area contributed by atoms with E-state index in [1.54, 1.807) is 0 Å². The molecule has 0 aliphatic carbocycles. The summed E-state index contributed by atoms with van der Waals surface area (Å²) in [4.78, 5) is 4.40. The fourth-order valence-corrected chi connectivity index (χ4v) is 2.88. The molecule has 0 N–H and O–H groups in total. The maximum absolute atomic E-state index is 3.52. The summed E-state index contributed by atoms with van der Waals surface area (Å²) >= 11 is 0. The van der Waals surface area contributed by atoms with Crippen LogP contribution in [-0.4, -0.2) is 20.6 Å². The van der Waals surface area contributed by atoms with Crippen LogP contribution in [0.4, 0.5) is 0 Å². The van der Waals surface area contributed by atoms with E-state index in [9.17, 15) is 0 Å². The van der Waals surface area contributed by atoms with Crippen molar-refractivity contribution in [3.05, 3.63) is 19.1 Å². The average molecular weight is 282 g/mol. The lowest BCUT2D eigenvalue weighted by Crippen LogP contribution is -2.58. The Labute approximate surface area is 122 Å². The molecule has 0 saturated heterocycles. The second kappa shape index (κ2) is 4.65. The minimum Gasteiger partial charge on any atom is -0.341 e. The molecule has 0 aromatic rings. The highest BCUT2D eigenvalue weighted by molar-refractivity contribution is 7.19. The van der Waals surface area contributed by atoms with Gasteiger partial charge in [0.1, 0.15) is 0 Å². The van der Waals surface area contributed by atoms with Gasteiger partial charge in [0.2, 0.25) is 6.67 Å². The molecule has 0 spiro atoms. The normalized spacial score (nSPS) is 18.4. The largest absolute Gasteiger partial charge is 0.341 e. The van der Waals surface area contributed by atoms with Crippen molar-refractivity contribution in [1.29, 1.82) is 0 Å². The maximum Gasteiger partial charge on any atom is 0.209 e. The van der Waals surface area contributed by atoms with Crippen LogP contribution in [0.1, 0.15) is 62.3 Å². The van der Waals surface area contributed by atoms with Crippen molar-refractivity contribution in [2.45, 2.75) is 73.1 Å². The van der Waals surface area contributed by atoms with Gasteiger partial charge in [-0.2, -0.15) is 0 Å². The Morgan fingerprint density at radius 3 is 1.37 bits per heavy atom. The van der Waals surface area contributed by atoms with Gasteiger partial charge in [0.25, 0.3) is 0 Å². The summed E-state index contributed by atoms with van der Waals surface area (Å²) < 4.78 is 0. The van der Waals surface area contributed by atoms with Gasteiger partial charge in [0.05, 0.1) is 5.28 Å². The summed E-state index contributed by atoms with van der Waals surface area (Å²) in [5, 5.41) is -0.0868. The zero-order valence-electron chi connectivity index (χ0n) is 14.1. The van der Waals surface area contributed by atoms with Gasteiger partial charge >= 0.3 is 0 Å². The van der Waals surface area contributed by atoms with Crippen molar-refractivity contribution in [3.8, 4) is 0 Å². The summed E-state index contributed by atoms with van der Waals surface area (Å²) in [7, 11) is 3.09. The summed E-state index contributed by atoms with van der Waals surface area (Å²) in [6.45, 7) is 23.9. The zero-order valence-corrected chi connectivity index (χ0v) is 15.3. The van der Waals surface area contributed by atoms with E-state index in [0.29, 0.717) is 0 Å². The predicted molar refractivity (Wildman–Crippen MR) is 87.2 cm³/mol. The Kier molecular flexibility index (Phi) is 4.12. The summed E-state index contributed by atoms with van der Waals surface area (Å²) in [5.41, 5.74) is 0.287. The first-order valence-electron chi connectivity index (χ1n) is 7.03. The van der Waals surface area contributed by atoms with Crippen LogP contribution in [0, 0.1) is 17.5 Å². The van der Waals surface area contributed by atoms with Crippen molar-refractivity contribution in [2.24, 2.45) is 10.8 Å². The highest BCUT2D eigenvalue weighted by Gasteiger charge is 2.52. The quantitative estimate of drug-likeness (QED) is 0.652. The predicted octanol–water partition coefficient (Wildman–Crippen LogP) is 4.53. The molecule has 19 heavy (non-hydrogen) atoms. The Bertz CT molecular complexity index is 338. The number of hydrogen-bond donors (Lipinski definition) is 0. The molecule has 1 aliphatic rings.